The third-order valence-corrected chi connectivity index (χ3v) is 4.30. The predicted molar refractivity (Wildman–Crippen MR) is 96.4 cm³/mol. The Morgan fingerprint density at radius 3 is 2.81 bits per heavy atom. The fraction of sp³-hybridized carbons (Fsp3) is 0.278. The van der Waals surface area contributed by atoms with E-state index in [4.69, 9.17) is 4.74 Å². The van der Waals surface area contributed by atoms with E-state index in [-0.39, 0.29) is 11.7 Å². The van der Waals surface area contributed by atoms with Crippen molar-refractivity contribution in [2.45, 2.75) is 6.54 Å². The van der Waals surface area contributed by atoms with Gasteiger partial charge in [0.15, 0.2) is 5.65 Å². The summed E-state index contributed by atoms with van der Waals surface area (Å²) in [6.45, 7) is 2.63. The van der Waals surface area contributed by atoms with Crippen molar-refractivity contribution in [3.63, 3.8) is 0 Å². The Kier molecular flexibility index (Phi) is 4.40. The van der Waals surface area contributed by atoms with E-state index in [1.165, 1.54) is 9.08 Å². The first kappa shape index (κ1) is 16.3. The molecule has 3 heterocycles. The number of carbonyl (C=O) groups excluding carboxylic acids is 1. The Balaban J connectivity index is 1.51. The maximum absolute atomic E-state index is 12.4. The number of morpholine rings is 1. The van der Waals surface area contributed by atoms with Crippen molar-refractivity contribution in [2.75, 3.05) is 31.6 Å². The highest BCUT2D eigenvalue weighted by atomic mass is 16.5. The molecule has 0 unspecified atom stereocenters. The Bertz CT molecular complexity index is 988. The van der Waals surface area contributed by atoms with Crippen LogP contribution in [0.15, 0.2) is 53.5 Å². The van der Waals surface area contributed by atoms with Crippen LogP contribution in [0, 0.1) is 0 Å². The van der Waals surface area contributed by atoms with Crippen LogP contribution in [0.5, 0.6) is 0 Å². The van der Waals surface area contributed by atoms with E-state index < -0.39 is 0 Å². The number of pyridine rings is 1. The molecule has 1 fully saturated rings. The molecule has 4 rings (SSSR count). The molecule has 8 nitrogen and oxygen atoms in total. The number of nitrogens with one attached hydrogen (secondary N) is 1. The van der Waals surface area contributed by atoms with Crippen molar-refractivity contribution in [2.24, 2.45) is 0 Å². The summed E-state index contributed by atoms with van der Waals surface area (Å²) < 4.78 is 8.18. The molecule has 3 aromatic rings. The van der Waals surface area contributed by atoms with Gasteiger partial charge in [-0.05, 0) is 29.8 Å². The lowest BCUT2D eigenvalue weighted by Crippen LogP contribution is -2.43. The van der Waals surface area contributed by atoms with Crippen molar-refractivity contribution in [3.8, 4) is 0 Å². The van der Waals surface area contributed by atoms with Crippen LogP contribution in [0.4, 0.5) is 10.5 Å². The number of fused-ring (bicyclic) bond motifs is 1. The quantitative estimate of drug-likeness (QED) is 0.772. The smallest absolute Gasteiger partial charge is 0.350 e. The van der Waals surface area contributed by atoms with Gasteiger partial charge in [-0.25, -0.2) is 14.3 Å². The second-order valence-electron chi connectivity index (χ2n) is 6.10. The maximum Gasteiger partial charge on any atom is 0.350 e. The van der Waals surface area contributed by atoms with E-state index in [2.05, 4.69) is 10.4 Å². The SMILES string of the molecule is O=C(Nc1cccc(Cn2nc3ccccn3c2=O)c1)N1CCOCC1. The second-order valence-corrected chi connectivity index (χ2v) is 6.10. The molecule has 2 amide bonds. The van der Waals surface area contributed by atoms with Crippen LogP contribution in [0.1, 0.15) is 5.56 Å². The van der Waals surface area contributed by atoms with Gasteiger partial charge in [-0.2, -0.15) is 0 Å². The lowest BCUT2D eigenvalue weighted by molar-refractivity contribution is 0.0564. The number of urea groups is 1. The van der Waals surface area contributed by atoms with Gasteiger partial charge in [0.1, 0.15) is 0 Å². The summed E-state index contributed by atoms with van der Waals surface area (Å²) in [5.41, 5.74) is 1.99. The summed E-state index contributed by atoms with van der Waals surface area (Å²) in [6.07, 6.45) is 1.69. The molecule has 0 saturated carbocycles. The summed E-state index contributed by atoms with van der Waals surface area (Å²) in [6, 6.07) is 12.7. The zero-order valence-corrected chi connectivity index (χ0v) is 14.2. The Morgan fingerprint density at radius 2 is 2.00 bits per heavy atom. The molecule has 134 valence electrons. The van der Waals surface area contributed by atoms with Gasteiger partial charge in [0.2, 0.25) is 0 Å². The number of hydrogen-bond acceptors (Lipinski definition) is 4. The summed E-state index contributed by atoms with van der Waals surface area (Å²) >= 11 is 0. The van der Waals surface area contributed by atoms with E-state index in [0.717, 1.165) is 5.56 Å². The molecule has 0 radical (unpaired) electrons. The minimum atomic E-state index is -0.191. The lowest BCUT2D eigenvalue weighted by Gasteiger charge is -2.27. The number of aromatic nitrogens is 3. The Morgan fingerprint density at radius 1 is 1.15 bits per heavy atom. The molecule has 1 aromatic carbocycles. The number of ether oxygens (including phenoxy) is 1. The molecule has 2 aromatic heterocycles. The minimum absolute atomic E-state index is 0.143. The summed E-state index contributed by atoms with van der Waals surface area (Å²) in [7, 11) is 0. The number of anilines is 1. The van der Waals surface area contributed by atoms with Gasteiger partial charge in [0, 0.05) is 25.0 Å². The highest BCUT2D eigenvalue weighted by molar-refractivity contribution is 5.89. The Labute approximate surface area is 149 Å². The summed E-state index contributed by atoms with van der Waals surface area (Å²) in [4.78, 5) is 26.4. The van der Waals surface area contributed by atoms with Crippen molar-refractivity contribution in [3.05, 3.63) is 64.7 Å². The number of amides is 2. The summed E-state index contributed by atoms with van der Waals surface area (Å²) in [5, 5.41) is 7.23. The van der Waals surface area contributed by atoms with Gasteiger partial charge in [0.05, 0.1) is 19.8 Å². The van der Waals surface area contributed by atoms with Crippen LogP contribution in [0.2, 0.25) is 0 Å². The molecule has 1 aliphatic rings. The largest absolute Gasteiger partial charge is 0.378 e. The maximum atomic E-state index is 12.4. The normalized spacial score (nSPS) is 14.5. The molecular weight excluding hydrogens is 334 g/mol. The molecule has 1 N–H and O–H groups in total. The third-order valence-electron chi connectivity index (χ3n) is 4.30. The average Bonchev–Trinajstić information content (AvgIpc) is 2.99. The van der Waals surface area contributed by atoms with Crippen LogP contribution in [-0.4, -0.2) is 51.4 Å². The van der Waals surface area contributed by atoms with Crippen LogP contribution in [-0.2, 0) is 11.3 Å². The Hall–Kier alpha value is -3.13. The molecule has 1 aliphatic heterocycles. The van der Waals surface area contributed by atoms with E-state index >= 15 is 0 Å². The number of carbonyl (C=O) groups is 1. The number of rotatable bonds is 3. The van der Waals surface area contributed by atoms with E-state index in [0.29, 0.717) is 44.2 Å². The summed E-state index contributed by atoms with van der Waals surface area (Å²) in [5.74, 6) is 0. The standard InChI is InChI=1S/C18H19N5O3/c24-17(21-8-10-26-11-9-21)19-15-5-3-4-14(12-15)13-23-18(25)22-7-2-1-6-16(22)20-23/h1-7,12H,8-11,13H2,(H,19,24). The van der Waals surface area contributed by atoms with Crippen molar-refractivity contribution in [1.29, 1.82) is 0 Å². The number of nitrogens with zero attached hydrogens (tertiary/aromatic N) is 4. The predicted octanol–water partition coefficient (Wildman–Crippen LogP) is 1.41. The van der Waals surface area contributed by atoms with Crippen molar-refractivity contribution >= 4 is 17.4 Å². The van der Waals surface area contributed by atoms with Gasteiger partial charge < -0.3 is 15.0 Å². The molecular formula is C18H19N5O3. The van der Waals surface area contributed by atoms with Crippen LogP contribution in [0.3, 0.4) is 0 Å². The van der Waals surface area contributed by atoms with Crippen LogP contribution >= 0.6 is 0 Å². The highest BCUT2D eigenvalue weighted by Gasteiger charge is 2.16. The van der Waals surface area contributed by atoms with Crippen LogP contribution < -0.4 is 11.0 Å². The molecule has 0 bridgehead atoms. The van der Waals surface area contributed by atoms with E-state index in [9.17, 15) is 9.59 Å². The van der Waals surface area contributed by atoms with Crippen molar-refractivity contribution in [1.82, 2.24) is 19.1 Å². The van der Waals surface area contributed by atoms with E-state index in [1.807, 2.05) is 30.3 Å². The number of benzene rings is 1. The minimum Gasteiger partial charge on any atom is -0.378 e. The first-order chi connectivity index (χ1) is 12.7. The topological polar surface area (TPSA) is 80.9 Å². The van der Waals surface area contributed by atoms with E-state index in [1.54, 1.807) is 23.2 Å². The molecule has 0 spiro atoms. The van der Waals surface area contributed by atoms with Gasteiger partial charge in [-0.3, -0.25) is 4.40 Å². The first-order valence-electron chi connectivity index (χ1n) is 8.47. The van der Waals surface area contributed by atoms with Crippen LogP contribution in [0.25, 0.3) is 5.65 Å². The average molecular weight is 353 g/mol. The molecule has 8 heteroatoms. The lowest BCUT2D eigenvalue weighted by atomic mass is 10.2. The van der Waals surface area contributed by atoms with Gasteiger partial charge in [-0.1, -0.05) is 18.2 Å². The zero-order chi connectivity index (χ0) is 17.9. The fourth-order valence-electron chi connectivity index (χ4n) is 2.96. The molecule has 0 atom stereocenters. The fourth-order valence-corrected chi connectivity index (χ4v) is 2.96. The van der Waals surface area contributed by atoms with Gasteiger partial charge in [0.25, 0.3) is 0 Å². The number of hydrogen-bond donors (Lipinski definition) is 1. The zero-order valence-electron chi connectivity index (χ0n) is 14.2. The van der Waals surface area contributed by atoms with Gasteiger partial charge in [-0.15, -0.1) is 5.10 Å². The third kappa shape index (κ3) is 3.31. The second kappa shape index (κ2) is 7.01. The molecule has 0 aliphatic carbocycles. The van der Waals surface area contributed by atoms with Gasteiger partial charge >= 0.3 is 11.7 Å². The molecule has 1 saturated heterocycles. The highest BCUT2D eigenvalue weighted by Crippen LogP contribution is 2.13. The van der Waals surface area contributed by atoms with Crippen molar-refractivity contribution < 1.29 is 9.53 Å². The monoisotopic (exact) mass is 353 g/mol. The molecule has 26 heavy (non-hydrogen) atoms. The first-order valence-corrected chi connectivity index (χ1v) is 8.47.